The lowest BCUT2D eigenvalue weighted by Gasteiger charge is -2.19. The van der Waals surface area contributed by atoms with Gasteiger partial charge in [-0.2, -0.15) is 4.98 Å². The molecule has 0 atom stereocenters. The van der Waals surface area contributed by atoms with Gasteiger partial charge in [0, 0.05) is 19.5 Å². The lowest BCUT2D eigenvalue weighted by Crippen LogP contribution is -2.17. The highest BCUT2D eigenvalue weighted by atomic mass is 16.5. The first-order chi connectivity index (χ1) is 9.05. The largest absolute Gasteiger partial charge is 0.340 e. The second-order valence-corrected chi connectivity index (χ2v) is 5.71. The molecule has 0 saturated heterocycles. The summed E-state index contributed by atoms with van der Waals surface area (Å²) in [4.78, 5) is 3.98. The number of hydrogen-bond acceptors (Lipinski definition) is 4. The molecule has 0 aliphatic rings. The maximum atomic E-state index is 4.94. The van der Waals surface area contributed by atoms with Crippen molar-refractivity contribution >= 4 is 0 Å². The molecular weight excluding hydrogens is 238 g/mol. The summed E-state index contributed by atoms with van der Waals surface area (Å²) in [5.74, 6) is 0.676. The second-order valence-electron chi connectivity index (χ2n) is 5.71. The molecule has 0 saturated carbocycles. The summed E-state index contributed by atoms with van der Waals surface area (Å²) in [6, 6.07) is 8.77. The normalized spacial score (nSPS) is 11.7. The Morgan fingerprint density at radius 1 is 1.16 bits per heavy atom. The zero-order chi connectivity index (χ0) is 13.7. The molecule has 19 heavy (non-hydrogen) atoms. The lowest BCUT2D eigenvalue weighted by molar-refractivity contribution is 0.375. The van der Waals surface area contributed by atoms with Crippen LogP contribution in [0.3, 0.4) is 0 Å². The van der Waals surface area contributed by atoms with E-state index in [2.05, 4.69) is 60.5 Å². The van der Waals surface area contributed by atoms with Gasteiger partial charge in [-0.25, -0.2) is 0 Å². The third-order valence-corrected chi connectivity index (χ3v) is 3.07. The Kier molecular flexibility index (Phi) is 4.32. The van der Waals surface area contributed by atoms with Crippen molar-refractivity contribution in [3.05, 3.63) is 47.6 Å². The molecule has 2 rings (SSSR count). The van der Waals surface area contributed by atoms with Crippen LogP contribution >= 0.6 is 0 Å². The highest BCUT2D eigenvalue weighted by Crippen LogP contribution is 2.22. The van der Waals surface area contributed by atoms with E-state index in [1.54, 1.807) is 0 Å². The van der Waals surface area contributed by atoms with Gasteiger partial charge in [0.15, 0.2) is 6.33 Å². The summed E-state index contributed by atoms with van der Waals surface area (Å²) in [5, 5.41) is 6.95. The van der Waals surface area contributed by atoms with Gasteiger partial charge in [0.05, 0.1) is 0 Å². The summed E-state index contributed by atoms with van der Waals surface area (Å²) in [6.45, 7) is 8.38. The fraction of sp³-hybridized carbons (Fsp3) is 0.467. The van der Waals surface area contributed by atoms with Gasteiger partial charge in [0.25, 0.3) is 0 Å². The topological polar surface area (TPSA) is 51.0 Å². The molecule has 1 aromatic heterocycles. The molecule has 4 heteroatoms. The molecule has 1 heterocycles. The highest BCUT2D eigenvalue weighted by molar-refractivity contribution is 5.27. The molecule has 102 valence electrons. The molecule has 0 unspecified atom stereocenters. The Labute approximate surface area is 114 Å². The first kappa shape index (κ1) is 13.7. The van der Waals surface area contributed by atoms with Crippen LogP contribution in [0.15, 0.2) is 35.1 Å². The van der Waals surface area contributed by atoms with Crippen molar-refractivity contribution in [1.82, 2.24) is 15.5 Å². The van der Waals surface area contributed by atoms with Crippen LogP contribution in [0.4, 0.5) is 0 Å². The molecule has 4 nitrogen and oxygen atoms in total. The van der Waals surface area contributed by atoms with Crippen LogP contribution in [-0.4, -0.2) is 16.7 Å². The molecule has 0 spiro atoms. The Balaban J connectivity index is 1.77. The van der Waals surface area contributed by atoms with E-state index < -0.39 is 0 Å². The third kappa shape index (κ3) is 4.17. The van der Waals surface area contributed by atoms with Gasteiger partial charge in [0.1, 0.15) is 0 Å². The average molecular weight is 259 g/mol. The van der Waals surface area contributed by atoms with Crippen molar-refractivity contribution in [3.63, 3.8) is 0 Å². The summed E-state index contributed by atoms with van der Waals surface area (Å²) in [6.07, 6.45) is 2.20. The molecule has 0 aliphatic carbocycles. The van der Waals surface area contributed by atoms with Crippen LogP contribution in [-0.2, 0) is 18.4 Å². The molecule has 0 bridgehead atoms. The molecule has 1 aromatic carbocycles. The van der Waals surface area contributed by atoms with Gasteiger partial charge in [-0.3, -0.25) is 0 Å². The zero-order valence-electron chi connectivity index (χ0n) is 11.8. The fourth-order valence-corrected chi connectivity index (χ4v) is 1.86. The number of aromatic nitrogens is 2. The summed E-state index contributed by atoms with van der Waals surface area (Å²) in [7, 11) is 0. The van der Waals surface area contributed by atoms with Crippen molar-refractivity contribution in [2.75, 3.05) is 6.54 Å². The van der Waals surface area contributed by atoms with Crippen LogP contribution < -0.4 is 5.32 Å². The molecule has 0 aliphatic heterocycles. The maximum Gasteiger partial charge on any atom is 0.227 e. The predicted octanol–water partition coefficient (Wildman–Crippen LogP) is 2.70. The van der Waals surface area contributed by atoms with Crippen LogP contribution in [0.1, 0.15) is 37.8 Å². The van der Waals surface area contributed by atoms with Crippen molar-refractivity contribution < 1.29 is 4.52 Å². The first-order valence-electron chi connectivity index (χ1n) is 6.61. The van der Waals surface area contributed by atoms with E-state index in [-0.39, 0.29) is 5.41 Å². The minimum atomic E-state index is 0.212. The summed E-state index contributed by atoms with van der Waals surface area (Å²) in [5.41, 5.74) is 2.87. The molecule has 0 fully saturated rings. The van der Waals surface area contributed by atoms with Crippen LogP contribution in [0.25, 0.3) is 0 Å². The van der Waals surface area contributed by atoms with Crippen molar-refractivity contribution in [3.8, 4) is 0 Å². The van der Waals surface area contributed by atoms with Gasteiger partial charge in [-0.15, -0.1) is 0 Å². The van der Waals surface area contributed by atoms with E-state index in [1.165, 1.54) is 17.5 Å². The molecule has 1 N–H and O–H groups in total. The standard InChI is InChI=1S/C15H21N3O/c1-15(2,3)13-6-4-12(5-7-13)10-16-9-8-14-17-11-18-19-14/h4-7,11,16H,8-10H2,1-3H3. The molecule has 0 radical (unpaired) electrons. The summed E-state index contributed by atoms with van der Waals surface area (Å²) >= 11 is 0. The van der Waals surface area contributed by atoms with Gasteiger partial charge in [-0.05, 0) is 16.5 Å². The van der Waals surface area contributed by atoms with Crippen LogP contribution in [0.5, 0.6) is 0 Å². The van der Waals surface area contributed by atoms with Gasteiger partial charge in [-0.1, -0.05) is 50.2 Å². The smallest absolute Gasteiger partial charge is 0.227 e. The zero-order valence-corrected chi connectivity index (χ0v) is 11.8. The number of nitrogens with one attached hydrogen (secondary N) is 1. The quantitative estimate of drug-likeness (QED) is 0.839. The number of rotatable bonds is 5. The van der Waals surface area contributed by atoms with Crippen molar-refractivity contribution in [2.24, 2.45) is 0 Å². The van der Waals surface area contributed by atoms with E-state index in [4.69, 9.17) is 4.52 Å². The minimum Gasteiger partial charge on any atom is -0.340 e. The summed E-state index contributed by atoms with van der Waals surface area (Å²) < 4.78 is 4.94. The van der Waals surface area contributed by atoms with E-state index in [9.17, 15) is 0 Å². The maximum absolute atomic E-state index is 4.94. The Morgan fingerprint density at radius 2 is 1.89 bits per heavy atom. The van der Waals surface area contributed by atoms with E-state index >= 15 is 0 Å². The van der Waals surface area contributed by atoms with Gasteiger partial charge in [0.2, 0.25) is 5.89 Å². The van der Waals surface area contributed by atoms with Crippen molar-refractivity contribution in [1.29, 1.82) is 0 Å². The van der Waals surface area contributed by atoms with Crippen LogP contribution in [0, 0.1) is 0 Å². The van der Waals surface area contributed by atoms with E-state index in [0.717, 1.165) is 19.5 Å². The number of benzene rings is 1. The number of hydrogen-bond donors (Lipinski definition) is 1. The Hall–Kier alpha value is -1.68. The third-order valence-electron chi connectivity index (χ3n) is 3.07. The van der Waals surface area contributed by atoms with Gasteiger partial charge >= 0.3 is 0 Å². The van der Waals surface area contributed by atoms with E-state index in [1.807, 2.05) is 0 Å². The van der Waals surface area contributed by atoms with Gasteiger partial charge < -0.3 is 9.84 Å². The van der Waals surface area contributed by atoms with Crippen molar-refractivity contribution in [2.45, 2.75) is 39.2 Å². The van der Waals surface area contributed by atoms with E-state index in [0.29, 0.717) is 5.89 Å². The minimum absolute atomic E-state index is 0.212. The monoisotopic (exact) mass is 259 g/mol. The SMILES string of the molecule is CC(C)(C)c1ccc(CNCCc2ncno2)cc1. The lowest BCUT2D eigenvalue weighted by atomic mass is 9.87. The molecule has 2 aromatic rings. The fourth-order valence-electron chi connectivity index (χ4n) is 1.86. The predicted molar refractivity (Wildman–Crippen MR) is 74.9 cm³/mol. The Morgan fingerprint density at radius 3 is 2.47 bits per heavy atom. The second kappa shape index (κ2) is 5.97. The molecular formula is C15H21N3O. The average Bonchev–Trinajstić information content (AvgIpc) is 2.87. The molecule has 0 amide bonds. The number of nitrogens with zero attached hydrogens (tertiary/aromatic N) is 2. The highest BCUT2D eigenvalue weighted by Gasteiger charge is 2.12. The Bertz CT molecular complexity index is 483. The first-order valence-corrected chi connectivity index (χ1v) is 6.61. The van der Waals surface area contributed by atoms with Crippen LogP contribution in [0.2, 0.25) is 0 Å².